The summed E-state index contributed by atoms with van der Waals surface area (Å²) in [5.74, 6) is 0.161. The molecular weight excluding hydrogens is 364 g/mol. The molecule has 1 atom stereocenters. The molecule has 1 aliphatic heterocycles. The van der Waals surface area contributed by atoms with Crippen LogP contribution in [-0.4, -0.2) is 50.5 Å². The lowest BCUT2D eigenvalue weighted by atomic mass is 10.1. The Labute approximate surface area is 164 Å². The van der Waals surface area contributed by atoms with Gasteiger partial charge >= 0.3 is 0 Å². The van der Waals surface area contributed by atoms with Crippen molar-refractivity contribution in [3.05, 3.63) is 53.3 Å². The highest BCUT2D eigenvalue weighted by Gasteiger charge is 2.30. The molecule has 0 aliphatic carbocycles. The Kier molecular flexibility index (Phi) is 6.50. The van der Waals surface area contributed by atoms with Gasteiger partial charge in [0.1, 0.15) is 0 Å². The fraction of sp³-hybridized carbons (Fsp3) is 0.450. The van der Waals surface area contributed by atoms with Gasteiger partial charge in [0.25, 0.3) is 0 Å². The molecule has 1 aromatic heterocycles. The van der Waals surface area contributed by atoms with E-state index in [-0.39, 0.29) is 17.9 Å². The SMILES string of the molecule is CC[C@H]1CN(C(=O)CCn2cc(Cl)cn2)CCC(=O)N1Cc1ccccc1. The predicted octanol–water partition coefficient (Wildman–Crippen LogP) is 2.97. The molecule has 6 nitrogen and oxygen atoms in total. The van der Waals surface area contributed by atoms with E-state index < -0.39 is 0 Å². The quantitative estimate of drug-likeness (QED) is 0.764. The van der Waals surface area contributed by atoms with Crippen molar-refractivity contribution in [2.45, 2.75) is 45.3 Å². The lowest BCUT2D eigenvalue weighted by Gasteiger charge is -2.31. The molecule has 2 heterocycles. The highest BCUT2D eigenvalue weighted by atomic mass is 35.5. The summed E-state index contributed by atoms with van der Waals surface area (Å²) in [5, 5.41) is 4.67. The molecule has 7 heteroatoms. The zero-order chi connectivity index (χ0) is 19.2. The van der Waals surface area contributed by atoms with Crippen LogP contribution < -0.4 is 0 Å². The van der Waals surface area contributed by atoms with Gasteiger partial charge in [-0.1, -0.05) is 48.9 Å². The number of carbonyl (C=O) groups is 2. The molecule has 27 heavy (non-hydrogen) atoms. The minimum atomic E-state index is 0.0308. The third-order valence-corrected chi connectivity index (χ3v) is 5.16. The van der Waals surface area contributed by atoms with Gasteiger partial charge in [-0.2, -0.15) is 5.10 Å². The van der Waals surface area contributed by atoms with Gasteiger partial charge < -0.3 is 9.80 Å². The first kappa shape index (κ1) is 19.4. The second kappa shape index (κ2) is 9.04. The molecule has 0 N–H and O–H groups in total. The minimum Gasteiger partial charge on any atom is -0.340 e. The van der Waals surface area contributed by atoms with Crippen LogP contribution in [0.25, 0.3) is 0 Å². The summed E-state index contributed by atoms with van der Waals surface area (Å²) in [5.41, 5.74) is 1.11. The fourth-order valence-electron chi connectivity index (χ4n) is 3.42. The number of aryl methyl sites for hydroxylation is 1. The van der Waals surface area contributed by atoms with E-state index in [0.29, 0.717) is 44.0 Å². The monoisotopic (exact) mass is 388 g/mol. The van der Waals surface area contributed by atoms with Gasteiger partial charge in [0.05, 0.1) is 11.2 Å². The molecule has 2 aromatic rings. The first-order valence-electron chi connectivity index (χ1n) is 9.36. The molecule has 0 unspecified atom stereocenters. The van der Waals surface area contributed by atoms with E-state index in [1.165, 1.54) is 0 Å². The van der Waals surface area contributed by atoms with Crippen LogP contribution in [0.5, 0.6) is 0 Å². The van der Waals surface area contributed by atoms with Crippen molar-refractivity contribution in [1.82, 2.24) is 19.6 Å². The number of nitrogens with zero attached hydrogens (tertiary/aromatic N) is 4. The molecular formula is C20H25ClN4O2. The Morgan fingerprint density at radius 1 is 1.30 bits per heavy atom. The van der Waals surface area contributed by atoms with E-state index in [4.69, 9.17) is 11.6 Å². The zero-order valence-corrected chi connectivity index (χ0v) is 16.3. The number of aromatic nitrogens is 2. The number of halogens is 1. The van der Waals surface area contributed by atoms with E-state index in [0.717, 1.165) is 12.0 Å². The molecule has 1 aromatic carbocycles. The van der Waals surface area contributed by atoms with E-state index in [9.17, 15) is 9.59 Å². The summed E-state index contributed by atoms with van der Waals surface area (Å²) < 4.78 is 1.67. The highest BCUT2D eigenvalue weighted by molar-refractivity contribution is 6.30. The zero-order valence-electron chi connectivity index (χ0n) is 15.6. The fourth-order valence-corrected chi connectivity index (χ4v) is 3.58. The molecule has 144 valence electrons. The van der Waals surface area contributed by atoms with Gasteiger partial charge in [-0.25, -0.2) is 0 Å². The molecule has 0 bridgehead atoms. The molecule has 0 spiro atoms. The number of carbonyl (C=O) groups excluding carboxylic acids is 2. The van der Waals surface area contributed by atoms with Crippen molar-refractivity contribution >= 4 is 23.4 Å². The maximum Gasteiger partial charge on any atom is 0.224 e. The molecule has 1 aliphatic rings. The number of hydrogen-bond donors (Lipinski definition) is 0. The summed E-state index contributed by atoms with van der Waals surface area (Å²) >= 11 is 5.86. The molecule has 0 radical (unpaired) electrons. The summed E-state index contributed by atoms with van der Waals surface area (Å²) in [4.78, 5) is 29.1. The molecule has 2 amide bonds. The topological polar surface area (TPSA) is 58.4 Å². The van der Waals surface area contributed by atoms with Crippen LogP contribution in [0.2, 0.25) is 5.02 Å². The smallest absolute Gasteiger partial charge is 0.224 e. The van der Waals surface area contributed by atoms with Crippen LogP contribution in [0.4, 0.5) is 0 Å². The second-order valence-corrected chi connectivity index (χ2v) is 7.27. The Balaban J connectivity index is 1.63. The Morgan fingerprint density at radius 3 is 2.74 bits per heavy atom. The van der Waals surface area contributed by atoms with Gasteiger partial charge in [0.2, 0.25) is 11.8 Å². The average Bonchev–Trinajstić information content (AvgIpc) is 3.03. The van der Waals surface area contributed by atoms with Crippen molar-refractivity contribution in [3.8, 4) is 0 Å². The van der Waals surface area contributed by atoms with Crippen molar-refractivity contribution in [1.29, 1.82) is 0 Å². The number of rotatable bonds is 6. The van der Waals surface area contributed by atoms with E-state index >= 15 is 0 Å². The van der Waals surface area contributed by atoms with Crippen LogP contribution >= 0.6 is 11.6 Å². The number of benzene rings is 1. The van der Waals surface area contributed by atoms with Crippen molar-refractivity contribution in [2.75, 3.05) is 13.1 Å². The number of amides is 2. The van der Waals surface area contributed by atoms with Gasteiger partial charge in [-0.05, 0) is 12.0 Å². The lowest BCUT2D eigenvalue weighted by molar-refractivity contribution is -0.133. The first-order chi connectivity index (χ1) is 13.1. The summed E-state index contributed by atoms with van der Waals surface area (Å²) in [6.07, 6.45) is 4.80. The Hall–Kier alpha value is -2.34. The highest BCUT2D eigenvalue weighted by Crippen LogP contribution is 2.18. The normalized spacial score (nSPS) is 17.9. The maximum absolute atomic E-state index is 12.7. The van der Waals surface area contributed by atoms with Gasteiger partial charge in [-0.15, -0.1) is 0 Å². The van der Waals surface area contributed by atoms with E-state index in [2.05, 4.69) is 12.0 Å². The average molecular weight is 389 g/mol. The van der Waals surface area contributed by atoms with E-state index in [1.807, 2.05) is 40.1 Å². The lowest BCUT2D eigenvalue weighted by Crippen LogP contribution is -2.43. The van der Waals surface area contributed by atoms with Crippen molar-refractivity contribution in [3.63, 3.8) is 0 Å². The van der Waals surface area contributed by atoms with Gasteiger partial charge in [0, 0.05) is 51.3 Å². The minimum absolute atomic E-state index is 0.0308. The maximum atomic E-state index is 12.7. The third kappa shape index (κ3) is 5.10. The van der Waals surface area contributed by atoms with Crippen LogP contribution in [0, 0.1) is 0 Å². The van der Waals surface area contributed by atoms with Crippen LogP contribution in [-0.2, 0) is 22.7 Å². The number of hydrogen-bond acceptors (Lipinski definition) is 3. The van der Waals surface area contributed by atoms with Crippen LogP contribution in [0.15, 0.2) is 42.7 Å². The molecule has 1 fully saturated rings. The molecule has 3 rings (SSSR count). The first-order valence-corrected chi connectivity index (χ1v) is 9.73. The molecule has 1 saturated heterocycles. The standard InChI is InChI=1S/C20H25ClN4O2/c1-2-18-15-23(19(26)9-11-24-14-17(21)12-22-24)10-8-20(27)25(18)13-16-6-4-3-5-7-16/h3-7,12,14,18H,2,8-11,13,15H2,1H3/t18-/m0/s1. The largest absolute Gasteiger partial charge is 0.340 e. The van der Waals surface area contributed by atoms with Crippen LogP contribution in [0.3, 0.4) is 0 Å². The van der Waals surface area contributed by atoms with E-state index in [1.54, 1.807) is 17.1 Å². The Morgan fingerprint density at radius 2 is 2.07 bits per heavy atom. The van der Waals surface area contributed by atoms with Crippen molar-refractivity contribution in [2.24, 2.45) is 0 Å². The van der Waals surface area contributed by atoms with Gasteiger partial charge in [-0.3, -0.25) is 14.3 Å². The summed E-state index contributed by atoms with van der Waals surface area (Å²) in [7, 11) is 0. The van der Waals surface area contributed by atoms with Crippen LogP contribution in [0.1, 0.15) is 31.7 Å². The van der Waals surface area contributed by atoms with Crippen molar-refractivity contribution < 1.29 is 9.59 Å². The summed E-state index contributed by atoms with van der Waals surface area (Å²) in [6.45, 7) is 4.19. The van der Waals surface area contributed by atoms with Gasteiger partial charge in [0.15, 0.2) is 0 Å². The third-order valence-electron chi connectivity index (χ3n) is 4.96. The second-order valence-electron chi connectivity index (χ2n) is 6.83. The Bertz CT molecular complexity index is 777. The summed E-state index contributed by atoms with van der Waals surface area (Å²) in [6, 6.07) is 10.0. The predicted molar refractivity (Wildman–Crippen MR) is 104 cm³/mol. The molecule has 0 saturated carbocycles.